The number of benzene rings is 2. The number of hydrogen-bond acceptors (Lipinski definition) is 4. The predicted molar refractivity (Wildman–Crippen MR) is 95.5 cm³/mol. The normalized spacial score (nSPS) is 10.6. The number of rotatable bonds is 5. The minimum absolute atomic E-state index is 0.140. The average molecular weight is 337 g/mol. The topological polar surface area (TPSA) is 73.2 Å². The van der Waals surface area contributed by atoms with Crippen molar-refractivity contribution in [2.75, 3.05) is 12.4 Å². The molecule has 0 unspecified atom stereocenters. The summed E-state index contributed by atoms with van der Waals surface area (Å²) >= 11 is 0. The van der Waals surface area contributed by atoms with E-state index in [9.17, 15) is 9.59 Å². The number of anilines is 1. The summed E-state index contributed by atoms with van der Waals surface area (Å²) in [6.07, 6.45) is 2.08. The molecule has 6 heteroatoms. The van der Waals surface area contributed by atoms with Gasteiger partial charge in [0.2, 0.25) is 5.91 Å². The van der Waals surface area contributed by atoms with E-state index in [4.69, 9.17) is 0 Å². The second kappa shape index (κ2) is 7.17. The fraction of sp³-hybridized carbons (Fsp3) is 0.211. The van der Waals surface area contributed by atoms with E-state index in [1.54, 1.807) is 30.5 Å². The molecule has 0 saturated heterocycles. The number of carbonyl (C=O) groups excluding carboxylic acids is 2. The second-order valence-corrected chi connectivity index (χ2v) is 5.80. The van der Waals surface area contributed by atoms with Gasteiger partial charge in [-0.1, -0.05) is 18.2 Å². The van der Waals surface area contributed by atoms with Gasteiger partial charge in [0.1, 0.15) is 0 Å². The Kier molecular flexibility index (Phi) is 4.79. The van der Waals surface area contributed by atoms with Crippen LogP contribution in [0.2, 0.25) is 0 Å². The van der Waals surface area contributed by atoms with Gasteiger partial charge in [0.25, 0.3) is 0 Å². The lowest BCUT2D eigenvalue weighted by Gasteiger charge is -2.08. The van der Waals surface area contributed by atoms with Crippen molar-refractivity contribution in [3.05, 3.63) is 59.8 Å². The first-order valence-corrected chi connectivity index (χ1v) is 7.97. The van der Waals surface area contributed by atoms with Gasteiger partial charge in [-0.25, -0.2) is 4.79 Å². The number of esters is 1. The third-order valence-corrected chi connectivity index (χ3v) is 3.92. The van der Waals surface area contributed by atoms with E-state index in [0.29, 0.717) is 17.8 Å². The van der Waals surface area contributed by atoms with Gasteiger partial charge in [-0.15, -0.1) is 0 Å². The van der Waals surface area contributed by atoms with Gasteiger partial charge >= 0.3 is 5.97 Å². The van der Waals surface area contributed by atoms with Crippen molar-refractivity contribution >= 4 is 28.5 Å². The van der Waals surface area contributed by atoms with Crippen molar-refractivity contribution in [1.29, 1.82) is 0 Å². The summed E-state index contributed by atoms with van der Waals surface area (Å²) in [7, 11) is 1.32. The number of methoxy groups -OCH3 is 1. The molecule has 0 spiro atoms. The van der Waals surface area contributed by atoms with Gasteiger partial charge in [0, 0.05) is 17.5 Å². The van der Waals surface area contributed by atoms with Gasteiger partial charge in [0.15, 0.2) is 0 Å². The van der Waals surface area contributed by atoms with E-state index < -0.39 is 5.97 Å². The molecule has 3 aromatic rings. The predicted octanol–water partition coefficient (Wildman–Crippen LogP) is 3.16. The SMILES string of the molecule is COC(=O)c1cccc(NC(=O)CCn2ncc3ccc(C)cc32)c1. The Morgan fingerprint density at radius 1 is 1.20 bits per heavy atom. The molecular weight excluding hydrogens is 318 g/mol. The monoisotopic (exact) mass is 337 g/mol. The Morgan fingerprint density at radius 2 is 2.04 bits per heavy atom. The summed E-state index contributed by atoms with van der Waals surface area (Å²) < 4.78 is 6.51. The van der Waals surface area contributed by atoms with E-state index >= 15 is 0 Å². The molecule has 128 valence electrons. The van der Waals surface area contributed by atoms with Crippen LogP contribution in [-0.2, 0) is 16.1 Å². The lowest BCUT2D eigenvalue weighted by atomic mass is 10.2. The first kappa shape index (κ1) is 16.7. The minimum Gasteiger partial charge on any atom is -0.465 e. The number of amides is 1. The Morgan fingerprint density at radius 3 is 2.84 bits per heavy atom. The summed E-state index contributed by atoms with van der Waals surface area (Å²) in [4.78, 5) is 23.7. The largest absolute Gasteiger partial charge is 0.465 e. The fourth-order valence-corrected chi connectivity index (χ4v) is 2.63. The van der Waals surface area contributed by atoms with Gasteiger partial charge < -0.3 is 10.1 Å². The highest BCUT2D eigenvalue weighted by Crippen LogP contribution is 2.16. The summed E-state index contributed by atoms with van der Waals surface area (Å²) in [6, 6.07) is 12.8. The van der Waals surface area contributed by atoms with E-state index in [0.717, 1.165) is 16.5 Å². The molecule has 0 aliphatic heterocycles. The quantitative estimate of drug-likeness (QED) is 0.726. The third-order valence-electron chi connectivity index (χ3n) is 3.92. The Bertz CT molecular complexity index is 931. The van der Waals surface area contributed by atoms with Crippen molar-refractivity contribution in [2.24, 2.45) is 0 Å². The summed E-state index contributed by atoms with van der Waals surface area (Å²) in [5, 5.41) is 8.19. The number of carbonyl (C=O) groups is 2. The molecule has 2 aromatic carbocycles. The van der Waals surface area contributed by atoms with E-state index in [2.05, 4.69) is 21.2 Å². The summed E-state index contributed by atoms with van der Waals surface area (Å²) in [6.45, 7) is 2.51. The van der Waals surface area contributed by atoms with Crippen LogP contribution in [0, 0.1) is 6.92 Å². The van der Waals surface area contributed by atoms with Crippen LogP contribution in [0.15, 0.2) is 48.7 Å². The van der Waals surface area contributed by atoms with Crippen LogP contribution in [0.4, 0.5) is 5.69 Å². The first-order valence-electron chi connectivity index (χ1n) is 7.97. The second-order valence-electron chi connectivity index (χ2n) is 5.80. The molecule has 0 saturated carbocycles. The van der Waals surface area contributed by atoms with Crippen LogP contribution >= 0.6 is 0 Å². The molecule has 0 bridgehead atoms. The number of nitrogens with zero attached hydrogens (tertiary/aromatic N) is 2. The van der Waals surface area contributed by atoms with Crippen LogP contribution in [-0.4, -0.2) is 28.8 Å². The number of aryl methyl sites for hydroxylation is 2. The molecule has 0 fully saturated rings. The Labute approximate surface area is 145 Å². The molecule has 1 N–H and O–H groups in total. The van der Waals surface area contributed by atoms with Crippen molar-refractivity contribution in [3.63, 3.8) is 0 Å². The number of nitrogens with one attached hydrogen (secondary N) is 1. The van der Waals surface area contributed by atoms with Crippen LogP contribution in [0.25, 0.3) is 10.9 Å². The number of ether oxygens (including phenoxy) is 1. The number of hydrogen-bond donors (Lipinski definition) is 1. The van der Waals surface area contributed by atoms with Gasteiger partial charge in [-0.3, -0.25) is 9.48 Å². The highest BCUT2D eigenvalue weighted by molar-refractivity contribution is 5.94. The third kappa shape index (κ3) is 3.85. The highest BCUT2D eigenvalue weighted by Gasteiger charge is 2.09. The van der Waals surface area contributed by atoms with Crippen molar-refractivity contribution in [3.8, 4) is 0 Å². The number of fused-ring (bicyclic) bond motifs is 1. The molecular formula is C19H19N3O3. The average Bonchev–Trinajstić information content (AvgIpc) is 3.01. The molecule has 1 heterocycles. The van der Waals surface area contributed by atoms with Gasteiger partial charge in [0.05, 0.1) is 30.9 Å². The molecule has 0 aliphatic carbocycles. The molecule has 3 rings (SSSR count). The zero-order valence-electron chi connectivity index (χ0n) is 14.2. The van der Waals surface area contributed by atoms with Crippen molar-refractivity contribution < 1.29 is 14.3 Å². The molecule has 0 atom stereocenters. The summed E-state index contributed by atoms with van der Waals surface area (Å²) in [5.41, 5.74) is 3.13. The van der Waals surface area contributed by atoms with Crippen LogP contribution in [0.1, 0.15) is 22.3 Å². The highest BCUT2D eigenvalue weighted by atomic mass is 16.5. The lowest BCUT2D eigenvalue weighted by Crippen LogP contribution is -2.15. The zero-order chi connectivity index (χ0) is 17.8. The minimum atomic E-state index is -0.436. The maximum absolute atomic E-state index is 12.2. The lowest BCUT2D eigenvalue weighted by molar-refractivity contribution is -0.116. The molecule has 1 amide bonds. The maximum atomic E-state index is 12.2. The summed E-state index contributed by atoms with van der Waals surface area (Å²) in [5.74, 6) is -0.576. The van der Waals surface area contributed by atoms with Crippen molar-refractivity contribution in [2.45, 2.75) is 19.9 Å². The maximum Gasteiger partial charge on any atom is 0.337 e. The van der Waals surface area contributed by atoms with E-state index in [1.165, 1.54) is 7.11 Å². The molecule has 6 nitrogen and oxygen atoms in total. The molecule has 1 aromatic heterocycles. The zero-order valence-corrected chi connectivity index (χ0v) is 14.2. The molecule has 0 aliphatic rings. The van der Waals surface area contributed by atoms with Gasteiger partial charge in [-0.2, -0.15) is 5.10 Å². The van der Waals surface area contributed by atoms with E-state index in [1.807, 2.05) is 23.7 Å². The van der Waals surface area contributed by atoms with Crippen LogP contribution < -0.4 is 5.32 Å². The first-order chi connectivity index (χ1) is 12.1. The van der Waals surface area contributed by atoms with Crippen molar-refractivity contribution in [1.82, 2.24) is 9.78 Å². The van der Waals surface area contributed by atoms with Crippen LogP contribution in [0.3, 0.4) is 0 Å². The fourth-order valence-electron chi connectivity index (χ4n) is 2.63. The smallest absolute Gasteiger partial charge is 0.337 e. The van der Waals surface area contributed by atoms with E-state index in [-0.39, 0.29) is 12.3 Å². The Hall–Kier alpha value is -3.15. The Balaban J connectivity index is 1.65. The van der Waals surface area contributed by atoms with Gasteiger partial charge in [-0.05, 0) is 36.8 Å². The number of aromatic nitrogens is 2. The molecule has 0 radical (unpaired) electrons. The van der Waals surface area contributed by atoms with Crippen LogP contribution in [0.5, 0.6) is 0 Å². The standard InChI is InChI=1S/C19H19N3O3/c1-13-6-7-15-12-20-22(17(15)10-13)9-8-18(23)21-16-5-3-4-14(11-16)19(24)25-2/h3-7,10-12H,8-9H2,1-2H3,(H,21,23). The molecule has 25 heavy (non-hydrogen) atoms.